The summed E-state index contributed by atoms with van der Waals surface area (Å²) in [5.41, 5.74) is 2.39. The molecule has 0 saturated heterocycles. The maximum absolute atomic E-state index is 12.6. The van der Waals surface area contributed by atoms with Crippen LogP contribution in [0, 0.1) is 0 Å². The van der Waals surface area contributed by atoms with Crippen molar-refractivity contribution in [3.63, 3.8) is 0 Å². The number of hydrogen-bond acceptors (Lipinski definition) is 4. The molecule has 0 atom stereocenters. The zero-order valence-electron chi connectivity index (χ0n) is 15.2. The topological polar surface area (TPSA) is 71.1 Å². The third kappa shape index (κ3) is 4.52. The van der Waals surface area contributed by atoms with E-state index in [1.807, 2.05) is 48.5 Å². The minimum absolute atomic E-state index is 0.208. The fourth-order valence-corrected chi connectivity index (χ4v) is 4.13. The first-order valence-corrected chi connectivity index (χ1v) is 10.5. The molecule has 0 saturated carbocycles. The van der Waals surface area contributed by atoms with Crippen LogP contribution in [0.25, 0.3) is 10.1 Å². The normalized spacial score (nSPS) is 10.7. The fourth-order valence-electron chi connectivity index (χ4n) is 2.91. The van der Waals surface area contributed by atoms with Crippen molar-refractivity contribution >= 4 is 55.1 Å². The van der Waals surface area contributed by atoms with Gasteiger partial charge in [-0.3, -0.25) is 9.59 Å². The quantitative estimate of drug-likeness (QED) is 0.423. The van der Waals surface area contributed by atoms with Gasteiger partial charge >= 0.3 is 0 Å². The third-order valence-corrected chi connectivity index (χ3v) is 5.64. The average molecular weight is 466 g/mol. The van der Waals surface area contributed by atoms with Crippen LogP contribution in [0.3, 0.4) is 0 Å². The number of carbonyl (C=O) groups excluding carboxylic acids is 2. The van der Waals surface area contributed by atoms with Crippen LogP contribution >= 0.6 is 27.5 Å². The molecule has 0 bridgehead atoms. The Kier molecular flexibility index (Phi) is 5.69. The number of aromatic nitrogens is 1. The minimum Gasteiger partial charge on any atom is -0.348 e. The van der Waals surface area contributed by atoms with E-state index in [4.69, 9.17) is 0 Å². The van der Waals surface area contributed by atoms with Gasteiger partial charge in [-0.15, -0.1) is 0 Å². The zero-order chi connectivity index (χ0) is 20.2. The number of nitrogens with one attached hydrogen (secondary N) is 2. The summed E-state index contributed by atoms with van der Waals surface area (Å²) in [7, 11) is 0. The summed E-state index contributed by atoms with van der Waals surface area (Å²) in [4.78, 5) is 25.1. The molecule has 0 aliphatic carbocycles. The van der Waals surface area contributed by atoms with Gasteiger partial charge in [0.15, 0.2) is 0 Å². The lowest BCUT2D eigenvalue weighted by Gasteiger charge is -2.08. The molecule has 4 rings (SSSR count). The van der Waals surface area contributed by atoms with Crippen molar-refractivity contribution < 1.29 is 9.59 Å². The van der Waals surface area contributed by atoms with Gasteiger partial charge in [-0.2, -0.15) is 4.37 Å². The van der Waals surface area contributed by atoms with Gasteiger partial charge in [-0.1, -0.05) is 52.3 Å². The highest BCUT2D eigenvalue weighted by Crippen LogP contribution is 2.23. The van der Waals surface area contributed by atoms with Gasteiger partial charge in [0.25, 0.3) is 11.8 Å². The Morgan fingerprint density at radius 2 is 1.76 bits per heavy atom. The van der Waals surface area contributed by atoms with Crippen LogP contribution in [0.5, 0.6) is 0 Å². The molecule has 0 aliphatic heterocycles. The molecule has 2 amide bonds. The molecule has 0 fully saturated rings. The predicted octanol–water partition coefficient (Wildman–Crippen LogP) is 5.24. The molecule has 4 aromatic rings. The van der Waals surface area contributed by atoms with Crippen molar-refractivity contribution in [3.8, 4) is 0 Å². The van der Waals surface area contributed by atoms with Gasteiger partial charge in [0.05, 0.1) is 4.70 Å². The fraction of sp³-hybridized carbons (Fsp3) is 0.0455. The van der Waals surface area contributed by atoms with Crippen molar-refractivity contribution in [1.29, 1.82) is 0 Å². The lowest BCUT2D eigenvalue weighted by atomic mass is 10.1. The average Bonchev–Trinajstić information content (AvgIpc) is 3.16. The Morgan fingerprint density at radius 1 is 0.931 bits per heavy atom. The highest BCUT2D eigenvalue weighted by Gasteiger charge is 2.15. The first-order chi connectivity index (χ1) is 14.1. The van der Waals surface area contributed by atoms with Gasteiger partial charge in [-0.25, -0.2) is 0 Å². The molecule has 144 valence electrons. The van der Waals surface area contributed by atoms with Gasteiger partial charge in [-0.05, 0) is 53.5 Å². The second-order valence-electron chi connectivity index (χ2n) is 6.37. The van der Waals surface area contributed by atoms with Gasteiger partial charge in [0.2, 0.25) is 0 Å². The van der Waals surface area contributed by atoms with Crippen LogP contribution in [0.2, 0.25) is 0 Å². The Labute approximate surface area is 180 Å². The smallest absolute Gasteiger partial charge is 0.276 e. The number of hydrogen-bond donors (Lipinski definition) is 2. The minimum atomic E-state index is -0.297. The number of rotatable bonds is 5. The summed E-state index contributed by atoms with van der Waals surface area (Å²) in [6, 6.07) is 22.2. The van der Waals surface area contributed by atoms with Crippen LogP contribution in [-0.2, 0) is 6.54 Å². The van der Waals surface area contributed by atoms with E-state index >= 15 is 0 Å². The zero-order valence-corrected chi connectivity index (χ0v) is 17.6. The number of anilines is 1. The first kappa shape index (κ1) is 19.3. The maximum atomic E-state index is 12.6. The van der Waals surface area contributed by atoms with Gasteiger partial charge < -0.3 is 10.6 Å². The van der Waals surface area contributed by atoms with Gasteiger partial charge in [0.1, 0.15) is 5.69 Å². The molecular formula is C22H16BrN3O2S. The van der Waals surface area contributed by atoms with E-state index in [-0.39, 0.29) is 11.8 Å². The predicted molar refractivity (Wildman–Crippen MR) is 119 cm³/mol. The molecule has 29 heavy (non-hydrogen) atoms. The van der Waals surface area contributed by atoms with Crippen LogP contribution in [0.15, 0.2) is 77.3 Å². The highest BCUT2D eigenvalue weighted by atomic mass is 79.9. The van der Waals surface area contributed by atoms with E-state index in [1.165, 1.54) is 11.5 Å². The van der Waals surface area contributed by atoms with E-state index < -0.39 is 0 Å². The lowest BCUT2D eigenvalue weighted by Crippen LogP contribution is -2.23. The number of nitrogens with zero attached hydrogens (tertiary/aromatic N) is 1. The van der Waals surface area contributed by atoms with E-state index in [2.05, 4.69) is 30.9 Å². The molecule has 1 heterocycles. The van der Waals surface area contributed by atoms with E-state index in [9.17, 15) is 9.59 Å². The Bertz CT molecular complexity index is 1210. The summed E-state index contributed by atoms with van der Waals surface area (Å²) in [5, 5.41) is 6.54. The number of amides is 2. The molecule has 0 radical (unpaired) electrons. The summed E-state index contributed by atoms with van der Waals surface area (Å²) in [5.74, 6) is -0.505. The molecule has 0 spiro atoms. The van der Waals surface area contributed by atoms with E-state index in [0.717, 1.165) is 20.1 Å². The maximum Gasteiger partial charge on any atom is 0.276 e. The molecule has 3 aromatic carbocycles. The molecule has 0 unspecified atom stereocenters. The Balaban J connectivity index is 1.45. The van der Waals surface area contributed by atoms with Crippen molar-refractivity contribution in [2.24, 2.45) is 0 Å². The van der Waals surface area contributed by atoms with Crippen molar-refractivity contribution in [3.05, 3.63) is 94.1 Å². The number of fused-ring (bicyclic) bond motifs is 1. The SMILES string of the molecule is O=C(NCc1cccc(Br)c1)c1cccc(NC(=O)c2nsc3ccccc23)c1. The summed E-state index contributed by atoms with van der Waals surface area (Å²) in [6.07, 6.45) is 0. The Morgan fingerprint density at radius 3 is 2.62 bits per heavy atom. The van der Waals surface area contributed by atoms with E-state index in [1.54, 1.807) is 24.3 Å². The van der Waals surface area contributed by atoms with Gasteiger partial charge in [0, 0.05) is 27.7 Å². The Hall–Kier alpha value is -3.03. The summed E-state index contributed by atoms with van der Waals surface area (Å²) in [6.45, 7) is 0.416. The van der Waals surface area contributed by atoms with Crippen LogP contribution in [0.4, 0.5) is 5.69 Å². The third-order valence-electron chi connectivity index (χ3n) is 4.32. The lowest BCUT2D eigenvalue weighted by molar-refractivity contribution is 0.0949. The van der Waals surface area contributed by atoms with Crippen molar-refractivity contribution in [2.45, 2.75) is 6.54 Å². The molecule has 5 nitrogen and oxygen atoms in total. The standard InChI is InChI=1S/C22H16BrN3O2S/c23-16-7-3-5-14(11-16)13-24-21(27)15-6-4-8-17(12-15)25-22(28)20-18-9-1-2-10-19(18)29-26-20/h1-12H,13H2,(H,24,27)(H,25,28). The number of halogens is 1. The first-order valence-electron chi connectivity index (χ1n) is 8.88. The largest absolute Gasteiger partial charge is 0.348 e. The molecule has 1 aromatic heterocycles. The molecule has 7 heteroatoms. The second-order valence-corrected chi connectivity index (χ2v) is 8.10. The molecule has 0 aliphatic rings. The van der Waals surface area contributed by atoms with E-state index in [0.29, 0.717) is 23.5 Å². The number of benzene rings is 3. The summed E-state index contributed by atoms with van der Waals surface area (Å²) >= 11 is 4.71. The molecular weight excluding hydrogens is 450 g/mol. The van der Waals surface area contributed by atoms with Crippen molar-refractivity contribution in [2.75, 3.05) is 5.32 Å². The van der Waals surface area contributed by atoms with Crippen LogP contribution in [0.1, 0.15) is 26.4 Å². The summed E-state index contributed by atoms with van der Waals surface area (Å²) < 4.78 is 6.18. The van der Waals surface area contributed by atoms with Crippen LogP contribution < -0.4 is 10.6 Å². The second kappa shape index (κ2) is 8.55. The molecule has 2 N–H and O–H groups in total. The monoisotopic (exact) mass is 465 g/mol. The number of carbonyl (C=O) groups is 2. The highest BCUT2D eigenvalue weighted by molar-refractivity contribution is 9.10. The van der Waals surface area contributed by atoms with Crippen LogP contribution in [-0.4, -0.2) is 16.2 Å². The van der Waals surface area contributed by atoms with Crippen molar-refractivity contribution in [1.82, 2.24) is 9.69 Å².